The first-order valence-corrected chi connectivity index (χ1v) is 8.57. The lowest BCUT2D eigenvalue weighted by atomic mass is 9.92. The van der Waals surface area contributed by atoms with Crippen molar-refractivity contribution in [3.63, 3.8) is 0 Å². The third-order valence-corrected chi connectivity index (χ3v) is 4.60. The molecular formula is C17H25ClN6O. The molecule has 0 aliphatic carbocycles. The minimum Gasteiger partial charge on any atom is -0.342 e. The summed E-state index contributed by atoms with van der Waals surface area (Å²) in [4.78, 5) is 15.1. The number of nitrogens with two attached hydrogens (primary N) is 1. The average Bonchev–Trinajstić information content (AvgIpc) is 3.11. The van der Waals surface area contributed by atoms with E-state index in [1.807, 2.05) is 35.2 Å². The highest BCUT2D eigenvalue weighted by Gasteiger charge is 2.21. The van der Waals surface area contributed by atoms with Crippen LogP contribution in [0.4, 0.5) is 0 Å². The van der Waals surface area contributed by atoms with E-state index in [1.54, 1.807) is 4.80 Å². The van der Waals surface area contributed by atoms with Crippen molar-refractivity contribution in [1.82, 2.24) is 25.1 Å². The number of halogens is 1. The molecule has 1 saturated heterocycles. The molecule has 0 saturated carbocycles. The van der Waals surface area contributed by atoms with Crippen LogP contribution in [0.5, 0.6) is 0 Å². The first-order valence-electron chi connectivity index (χ1n) is 8.57. The molecule has 1 aromatic carbocycles. The number of likely N-dealkylation sites (tertiary alicyclic amines) is 1. The highest BCUT2D eigenvalue weighted by molar-refractivity contribution is 5.85. The Balaban J connectivity index is 0.00000225. The van der Waals surface area contributed by atoms with Crippen LogP contribution in [0.1, 0.15) is 25.7 Å². The van der Waals surface area contributed by atoms with Gasteiger partial charge in [-0.3, -0.25) is 4.79 Å². The van der Waals surface area contributed by atoms with Crippen molar-refractivity contribution in [3.05, 3.63) is 30.3 Å². The summed E-state index contributed by atoms with van der Waals surface area (Å²) in [5.74, 6) is 1.40. The first kappa shape index (κ1) is 19.3. The maximum absolute atomic E-state index is 11.6. The Labute approximate surface area is 154 Å². The number of hydrogen-bond acceptors (Lipinski definition) is 5. The van der Waals surface area contributed by atoms with Crippen LogP contribution >= 0.6 is 12.4 Å². The van der Waals surface area contributed by atoms with Crippen LogP contribution in [0.2, 0.25) is 0 Å². The Hall–Kier alpha value is -1.99. The van der Waals surface area contributed by atoms with Crippen molar-refractivity contribution in [2.24, 2.45) is 11.7 Å². The molecule has 0 unspecified atom stereocenters. The van der Waals surface area contributed by atoms with Crippen molar-refractivity contribution in [2.75, 3.05) is 19.6 Å². The molecule has 3 rings (SSSR count). The van der Waals surface area contributed by atoms with E-state index >= 15 is 0 Å². The molecule has 2 aromatic rings. The molecule has 2 heterocycles. The second kappa shape index (κ2) is 9.48. The number of carbonyl (C=O) groups excluding carboxylic acids is 1. The van der Waals surface area contributed by atoms with Crippen molar-refractivity contribution in [3.8, 4) is 11.4 Å². The van der Waals surface area contributed by atoms with E-state index < -0.39 is 0 Å². The van der Waals surface area contributed by atoms with Crippen molar-refractivity contribution < 1.29 is 4.79 Å². The molecule has 1 aliphatic heterocycles. The summed E-state index contributed by atoms with van der Waals surface area (Å²) >= 11 is 0. The van der Waals surface area contributed by atoms with Crippen LogP contribution in [0.25, 0.3) is 11.4 Å². The third-order valence-electron chi connectivity index (χ3n) is 4.60. The van der Waals surface area contributed by atoms with Crippen molar-refractivity contribution in [2.45, 2.75) is 32.2 Å². The lowest BCUT2D eigenvalue weighted by Crippen LogP contribution is -2.41. The highest BCUT2D eigenvalue weighted by atomic mass is 35.5. The second-order valence-electron chi connectivity index (χ2n) is 6.25. The van der Waals surface area contributed by atoms with Crippen molar-refractivity contribution in [1.29, 1.82) is 0 Å². The van der Waals surface area contributed by atoms with E-state index in [0.717, 1.165) is 50.9 Å². The molecule has 1 aliphatic rings. The normalized spacial score (nSPS) is 15.0. The minimum absolute atomic E-state index is 0. The zero-order valence-electron chi connectivity index (χ0n) is 14.3. The van der Waals surface area contributed by atoms with Gasteiger partial charge in [0.1, 0.15) is 0 Å². The van der Waals surface area contributed by atoms with Crippen molar-refractivity contribution >= 4 is 18.3 Å². The van der Waals surface area contributed by atoms with E-state index in [9.17, 15) is 4.79 Å². The van der Waals surface area contributed by atoms with Gasteiger partial charge in [-0.1, -0.05) is 30.3 Å². The summed E-state index contributed by atoms with van der Waals surface area (Å²) in [7, 11) is 0. The lowest BCUT2D eigenvalue weighted by molar-refractivity contribution is -0.131. The van der Waals surface area contributed by atoms with Crippen LogP contribution in [0.3, 0.4) is 0 Å². The number of nitrogens with zero attached hydrogens (tertiary/aromatic N) is 5. The SMILES string of the molecule is Cl.NCC(=O)N1CCC(CCCn2nnc(-c3ccccc3)n2)CC1. The molecule has 136 valence electrons. The molecule has 25 heavy (non-hydrogen) atoms. The highest BCUT2D eigenvalue weighted by Crippen LogP contribution is 2.22. The van der Waals surface area contributed by atoms with Gasteiger partial charge in [-0.05, 0) is 36.8 Å². The Morgan fingerprint density at radius 3 is 2.60 bits per heavy atom. The fourth-order valence-electron chi connectivity index (χ4n) is 3.16. The smallest absolute Gasteiger partial charge is 0.236 e. The van der Waals surface area contributed by atoms with Gasteiger partial charge >= 0.3 is 0 Å². The Bertz CT molecular complexity index is 654. The fraction of sp³-hybridized carbons (Fsp3) is 0.529. The van der Waals surface area contributed by atoms with Crippen LogP contribution in [0, 0.1) is 5.92 Å². The van der Waals surface area contributed by atoms with Crippen LogP contribution in [-0.2, 0) is 11.3 Å². The topological polar surface area (TPSA) is 89.9 Å². The van der Waals surface area contributed by atoms with Gasteiger partial charge in [0.25, 0.3) is 0 Å². The van der Waals surface area contributed by atoms with E-state index in [2.05, 4.69) is 15.4 Å². The number of rotatable bonds is 6. The maximum Gasteiger partial charge on any atom is 0.236 e. The maximum atomic E-state index is 11.6. The summed E-state index contributed by atoms with van der Waals surface area (Å²) in [6, 6.07) is 9.88. The molecule has 8 heteroatoms. The van der Waals surface area contributed by atoms with Gasteiger partial charge in [0.15, 0.2) is 0 Å². The number of piperidine rings is 1. The average molecular weight is 365 g/mol. The molecule has 0 atom stereocenters. The van der Waals surface area contributed by atoms with Crippen LogP contribution in [0.15, 0.2) is 30.3 Å². The number of hydrogen-bond donors (Lipinski definition) is 1. The monoisotopic (exact) mass is 364 g/mol. The standard InChI is InChI=1S/C17H24N6O.ClH/c18-13-16(24)22-11-8-14(9-12-22)5-4-10-23-20-17(19-21-23)15-6-2-1-3-7-15;/h1-3,6-7,14H,4-5,8-13,18H2;1H. The summed E-state index contributed by atoms with van der Waals surface area (Å²) in [5.41, 5.74) is 6.40. The van der Waals surface area contributed by atoms with E-state index in [4.69, 9.17) is 5.73 Å². The van der Waals surface area contributed by atoms with Gasteiger partial charge in [-0.25, -0.2) is 0 Å². The molecular weight excluding hydrogens is 340 g/mol. The first-order chi connectivity index (χ1) is 11.8. The van der Waals surface area contributed by atoms with Gasteiger partial charge in [-0.15, -0.1) is 22.6 Å². The summed E-state index contributed by atoms with van der Waals surface area (Å²) in [5, 5.41) is 12.7. The fourth-order valence-corrected chi connectivity index (χ4v) is 3.16. The molecule has 0 spiro atoms. The summed E-state index contributed by atoms with van der Waals surface area (Å²) in [6.45, 7) is 2.56. The summed E-state index contributed by atoms with van der Waals surface area (Å²) < 4.78 is 0. The Kier molecular flexibility index (Phi) is 7.33. The Morgan fingerprint density at radius 2 is 1.92 bits per heavy atom. The number of tetrazole rings is 1. The van der Waals surface area contributed by atoms with Gasteiger partial charge in [0.05, 0.1) is 13.1 Å². The van der Waals surface area contributed by atoms with E-state index in [1.165, 1.54) is 0 Å². The van der Waals surface area contributed by atoms with E-state index in [-0.39, 0.29) is 24.9 Å². The number of amides is 1. The molecule has 7 nitrogen and oxygen atoms in total. The Morgan fingerprint density at radius 1 is 1.20 bits per heavy atom. The quantitative estimate of drug-likeness (QED) is 0.843. The number of aryl methyl sites for hydroxylation is 1. The van der Waals surface area contributed by atoms with Gasteiger partial charge in [0.2, 0.25) is 11.7 Å². The molecule has 1 amide bonds. The number of aromatic nitrogens is 4. The largest absolute Gasteiger partial charge is 0.342 e. The minimum atomic E-state index is 0. The lowest BCUT2D eigenvalue weighted by Gasteiger charge is -2.31. The molecule has 1 fully saturated rings. The second-order valence-corrected chi connectivity index (χ2v) is 6.25. The molecule has 0 radical (unpaired) electrons. The van der Waals surface area contributed by atoms with E-state index in [0.29, 0.717) is 11.7 Å². The van der Waals surface area contributed by atoms with Crippen LogP contribution < -0.4 is 5.73 Å². The molecule has 0 bridgehead atoms. The molecule has 1 aromatic heterocycles. The number of carbonyl (C=O) groups is 1. The van der Waals surface area contributed by atoms with Gasteiger partial charge in [-0.2, -0.15) is 4.80 Å². The van der Waals surface area contributed by atoms with Gasteiger partial charge in [0, 0.05) is 18.7 Å². The number of benzene rings is 1. The summed E-state index contributed by atoms with van der Waals surface area (Å²) in [6.07, 6.45) is 4.28. The molecule has 2 N–H and O–H groups in total. The third kappa shape index (κ3) is 5.24. The predicted octanol–water partition coefficient (Wildman–Crippen LogP) is 1.74. The predicted molar refractivity (Wildman–Crippen MR) is 98.1 cm³/mol. The van der Waals surface area contributed by atoms with Crippen LogP contribution in [-0.4, -0.2) is 50.6 Å². The van der Waals surface area contributed by atoms with Gasteiger partial charge < -0.3 is 10.6 Å². The zero-order chi connectivity index (χ0) is 16.8. The zero-order valence-corrected chi connectivity index (χ0v) is 15.1.